The van der Waals surface area contributed by atoms with Gasteiger partial charge < -0.3 is 0 Å². The molecule has 2 heterocycles. The smallest absolute Gasteiger partial charge is 0.266 e. The van der Waals surface area contributed by atoms with Crippen LogP contribution in [0.15, 0.2) is 72.8 Å². The summed E-state index contributed by atoms with van der Waals surface area (Å²) in [4.78, 5) is 34.0. The van der Waals surface area contributed by atoms with Crippen molar-refractivity contribution in [3.05, 3.63) is 93.4 Å². The summed E-state index contributed by atoms with van der Waals surface area (Å²) in [7, 11) is 0. The fourth-order valence-electron chi connectivity index (χ4n) is 4.09. The molecular weight excluding hydrogens is 459 g/mol. The van der Waals surface area contributed by atoms with E-state index in [1.807, 2.05) is 42.5 Å². The highest BCUT2D eigenvalue weighted by atomic mass is 35.5. The van der Waals surface area contributed by atoms with Crippen LogP contribution >= 0.6 is 34.8 Å². The van der Waals surface area contributed by atoms with Gasteiger partial charge in [-0.1, -0.05) is 65.1 Å². The Morgan fingerprint density at radius 1 is 0.742 bits per heavy atom. The summed E-state index contributed by atoms with van der Waals surface area (Å²) >= 11 is 18.2. The first kappa shape index (κ1) is 20.3. The Balaban J connectivity index is 1.58. The number of hydrogen-bond donors (Lipinski definition) is 0. The summed E-state index contributed by atoms with van der Waals surface area (Å²) in [5.41, 5.74) is 1.93. The molecule has 2 amide bonds. The third kappa shape index (κ3) is 3.38. The predicted molar refractivity (Wildman–Crippen MR) is 120 cm³/mol. The number of rotatable bonds is 3. The summed E-state index contributed by atoms with van der Waals surface area (Å²) in [6.07, 6.45) is -0.956. The first-order valence-electron chi connectivity index (χ1n) is 9.55. The number of hydroxylamine groups is 1. The monoisotopic (exact) mass is 472 g/mol. The molecule has 0 bridgehead atoms. The molecule has 31 heavy (non-hydrogen) atoms. The van der Waals surface area contributed by atoms with Gasteiger partial charge in [-0.05, 0) is 48.0 Å². The van der Waals surface area contributed by atoms with E-state index >= 15 is 0 Å². The zero-order chi connectivity index (χ0) is 21.7. The van der Waals surface area contributed by atoms with Gasteiger partial charge in [0, 0.05) is 5.02 Å². The Kier molecular flexibility index (Phi) is 5.15. The van der Waals surface area contributed by atoms with E-state index in [1.165, 1.54) is 6.07 Å². The summed E-state index contributed by atoms with van der Waals surface area (Å²) in [5.74, 6) is -1.53. The summed E-state index contributed by atoms with van der Waals surface area (Å²) in [6.45, 7) is 0. The number of benzene rings is 3. The van der Waals surface area contributed by atoms with Crippen molar-refractivity contribution in [1.29, 1.82) is 0 Å². The highest BCUT2D eigenvalue weighted by molar-refractivity contribution is 6.42. The maximum Gasteiger partial charge on any atom is 0.266 e. The first-order chi connectivity index (χ1) is 15.0. The fourth-order valence-corrected chi connectivity index (χ4v) is 4.51. The number of hydrogen-bond acceptors (Lipinski definition) is 4. The molecule has 0 N–H and O–H groups in total. The van der Waals surface area contributed by atoms with Gasteiger partial charge in [-0.2, -0.15) is 0 Å². The van der Waals surface area contributed by atoms with Crippen LogP contribution in [0, 0.1) is 5.92 Å². The number of halogens is 3. The van der Waals surface area contributed by atoms with Gasteiger partial charge in [0.1, 0.15) is 5.92 Å². The molecule has 0 saturated carbocycles. The summed E-state index contributed by atoms with van der Waals surface area (Å²) in [5, 5.41) is 2.82. The van der Waals surface area contributed by atoms with Crippen LogP contribution in [0.5, 0.6) is 0 Å². The van der Waals surface area contributed by atoms with Crippen molar-refractivity contribution in [1.82, 2.24) is 0 Å². The quantitative estimate of drug-likeness (QED) is 0.458. The SMILES string of the molecule is O=C1[C@H]2[C@@H](ON(c3ccccc3)[C@H]2c2ccc(Cl)cc2)C(=O)N1c1ccc(Cl)c(Cl)c1. The van der Waals surface area contributed by atoms with E-state index in [1.54, 1.807) is 29.3 Å². The number of carbonyl (C=O) groups excluding carboxylic acids is 2. The van der Waals surface area contributed by atoms with Crippen LogP contribution in [0.2, 0.25) is 15.1 Å². The average molecular weight is 474 g/mol. The lowest BCUT2D eigenvalue weighted by molar-refractivity contribution is -0.126. The van der Waals surface area contributed by atoms with E-state index < -0.39 is 24.0 Å². The number of carbonyl (C=O) groups is 2. The Morgan fingerprint density at radius 3 is 2.13 bits per heavy atom. The zero-order valence-electron chi connectivity index (χ0n) is 15.9. The Morgan fingerprint density at radius 2 is 1.45 bits per heavy atom. The summed E-state index contributed by atoms with van der Waals surface area (Å²) < 4.78 is 0. The molecule has 0 aliphatic carbocycles. The molecule has 2 aliphatic heterocycles. The molecule has 156 valence electrons. The van der Waals surface area contributed by atoms with E-state index in [0.29, 0.717) is 15.7 Å². The lowest BCUT2D eigenvalue weighted by Crippen LogP contribution is -2.37. The van der Waals surface area contributed by atoms with Crippen molar-refractivity contribution in [3.63, 3.8) is 0 Å². The third-order valence-corrected chi connectivity index (χ3v) is 6.49. The molecule has 0 aromatic heterocycles. The van der Waals surface area contributed by atoms with Crippen molar-refractivity contribution in [2.24, 2.45) is 5.92 Å². The van der Waals surface area contributed by atoms with Crippen molar-refractivity contribution < 1.29 is 14.4 Å². The van der Waals surface area contributed by atoms with Gasteiger partial charge in [-0.15, -0.1) is 0 Å². The maximum atomic E-state index is 13.5. The number of imide groups is 1. The van der Waals surface area contributed by atoms with E-state index in [-0.39, 0.29) is 10.9 Å². The second-order valence-corrected chi connectivity index (χ2v) is 8.57. The molecule has 0 spiro atoms. The van der Waals surface area contributed by atoms with Crippen LogP contribution in [-0.4, -0.2) is 17.9 Å². The van der Waals surface area contributed by atoms with Crippen molar-refractivity contribution in [2.75, 3.05) is 9.96 Å². The Labute approximate surface area is 193 Å². The van der Waals surface area contributed by atoms with Crippen molar-refractivity contribution >= 4 is 58.0 Å². The minimum atomic E-state index is -0.956. The Bertz CT molecular complexity index is 1170. The second-order valence-electron chi connectivity index (χ2n) is 7.32. The number of para-hydroxylation sites is 1. The number of anilines is 2. The minimum Gasteiger partial charge on any atom is -0.273 e. The molecule has 3 aromatic carbocycles. The molecule has 8 heteroatoms. The molecule has 3 aromatic rings. The zero-order valence-corrected chi connectivity index (χ0v) is 18.2. The Hall–Kier alpha value is -2.57. The molecule has 5 nitrogen and oxygen atoms in total. The number of nitrogens with zero attached hydrogens (tertiary/aromatic N) is 2. The molecule has 5 rings (SSSR count). The summed E-state index contributed by atoms with van der Waals surface area (Å²) in [6, 6.07) is 20.7. The molecule has 0 unspecified atom stereocenters. The average Bonchev–Trinajstić information content (AvgIpc) is 3.28. The standard InChI is InChI=1S/C23H15Cl3N2O3/c24-14-8-6-13(7-9-14)20-19-21(31-28(20)15-4-2-1-3-5-15)23(30)27(22(19)29)16-10-11-17(25)18(26)12-16/h1-12,19-21H/t19-,20+,21-/m1/s1. The molecular formula is C23H15Cl3N2O3. The van der Waals surface area contributed by atoms with E-state index in [2.05, 4.69) is 0 Å². The van der Waals surface area contributed by atoms with E-state index in [9.17, 15) is 9.59 Å². The molecule has 2 saturated heterocycles. The lowest BCUT2D eigenvalue weighted by atomic mass is 9.90. The molecule has 2 fully saturated rings. The largest absolute Gasteiger partial charge is 0.273 e. The van der Waals surface area contributed by atoms with Crippen molar-refractivity contribution in [3.8, 4) is 0 Å². The maximum absolute atomic E-state index is 13.5. The number of amides is 2. The van der Waals surface area contributed by atoms with Crippen LogP contribution < -0.4 is 9.96 Å². The van der Waals surface area contributed by atoms with Gasteiger partial charge in [-0.25, -0.2) is 9.96 Å². The second kappa shape index (κ2) is 7.84. The van der Waals surface area contributed by atoms with Crippen LogP contribution in [0.1, 0.15) is 11.6 Å². The van der Waals surface area contributed by atoms with Gasteiger partial charge in [0.15, 0.2) is 6.10 Å². The van der Waals surface area contributed by atoms with Gasteiger partial charge in [-0.3, -0.25) is 14.4 Å². The van der Waals surface area contributed by atoms with E-state index in [4.69, 9.17) is 39.6 Å². The third-order valence-electron chi connectivity index (χ3n) is 5.50. The van der Waals surface area contributed by atoms with Gasteiger partial charge in [0.05, 0.1) is 27.5 Å². The first-order valence-corrected chi connectivity index (χ1v) is 10.7. The minimum absolute atomic E-state index is 0.262. The number of fused-ring (bicyclic) bond motifs is 1. The predicted octanol–water partition coefficient (Wildman–Crippen LogP) is 5.70. The van der Waals surface area contributed by atoms with Crippen molar-refractivity contribution in [2.45, 2.75) is 12.1 Å². The van der Waals surface area contributed by atoms with Gasteiger partial charge in [0.25, 0.3) is 5.91 Å². The fraction of sp³-hybridized carbons (Fsp3) is 0.130. The normalized spacial score (nSPS) is 22.9. The molecule has 3 atom stereocenters. The van der Waals surface area contributed by atoms with Crippen LogP contribution in [0.4, 0.5) is 11.4 Å². The van der Waals surface area contributed by atoms with Gasteiger partial charge in [0.2, 0.25) is 5.91 Å². The van der Waals surface area contributed by atoms with Crippen LogP contribution in [-0.2, 0) is 14.4 Å². The van der Waals surface area contributed by atoms with Gasteiger partial charge >= 0.3 is 0 Å². The molecule has 0 radical (unpaired) electrons. The highest BCUT2D eigenvalue weighted by Gasteiger charge is 2.60. The van der Waals surface area contributed by atoms with Crippen LogP contribution in [0.3, 0.4) is 0 Å². The lowest BCUT2D eigenvalue weighted by Gasteiger charge is -2.28. The highest BCUT2D eigenvalue weighted by Crippen LogP contribution is 2.48. The van der Waals surface area contributed by atoms with E-state index in [0.717, 1.165) is 16.2 Å². The topological polar surface area (TPSA) is 49.9 Å². The molecule has 2 aliphatic rings. The van der Waals surface area contributed by atoms with Crippen LogP contribution in [0.25, 0.3) is 0 Å².